The number of hydrogen-bond acceptors (Lipinski definition) is 7. The van der Waals surface area contributed by atoms with Gasteiger partial charge < -0.3 is 29.2 Å². The summed E-state index contributed by atoms with van der Waals surface area (Å²) in [4.78, 5) is 42.3. The molecule has 4 fully saturated rings. The van der Waals surface area contributed by atoms with Crippen molar-refractivity contribution in [3.05, 3.63) is 47.5 Å². The molecule has 1 atom stereocenters. The van der Waals surface area contributed by atoms with Crippen LogP contribution in [0.3, 0.4) is 0 Å². The Hall–Kier alpha value is -3.60. The molecule has 1 N–H and O–H groups in total. The lowest BCUT2D eigenvalue weighted by Crippen LogP contribution is -2.54. The zero-order valence-electron chi connectivity index (χ0n) is 32.0. The molecule has 7 rings (SSSR count). The number of amides is 2. The second-order valence-electron chi connectivity index (χ2n) is 15.9. The van der Waals surface area contributed by atoms with Gasteiger partial charge in [0.25, 0.3) is 0 Å². The number of methoxy groups -OCH3 is 2. The van der Waals surface area contributed by atoms with E-state index in [2.05, 4.69) is 67.6 Å². The Balaban J connectivity index is 0.913. The van der Waals surface area contributed by atoms with Crippen LogP contribution in [-0.2, 0) is 9.59 Å². The van der Waals surface area contributed by atoms with Crippen molar-refractivity contribution >= 4 is 22.7 Å². The average Bonchev–Trinajstić information content (AvgIpc) is 3.85. The topological polar surface area (TPSA) is 84.6 Å². The molecule has 2 amide bonds. The van der Waals surface area contributed by atoms with Gasteiger partial charge in [-0.2, -0.15) is 0 Å². The Kier molecular flexibility index (Phi) is 11.7. The molecule has 10 nitrogen and oxygen atoms in total. The molecule has 5 heterocycles. The van der Waals surface area contributed by atoms with Crippen molar-refractivity contribution in [3.8, 4) is 22.8 Å². The molecule has 3 aromatic rings. The highest BCUT2D eigenvalue weighted by Gasteiger charge is 2.33. The summed E-state index contributed by atoms with van der Waals surface area (Å²) < 4.78 is 11.1. The van der Waals surface area contributed by atoms with Gasteiger partial charge in [-0.05, 0) is 111 Å². The van der Waals surface area contributed by atoms with Crippen LogP contribution < -0.4 is 9.47 Å². The number of piperazine rings is 1. The minimum absolute atomic E-state index is 0.00906. The van der Waals surface area contributed by atoms with Crippen LogP contribution in [0.25, 0.3) is 22.2 Å². The van der Waals surface area contributed by atoms with Gasteiger partial charge in [-0.1, -0.05) is 19.9 Å². The number of H-pyrrole nitrogens is 1. The van der Waals surface area contributed by atoms with Crippen LogP contribution in [0.2, 0.25) is 0 Å². The van der Waals surface area contributed by atoms with Gasteiger partial charge >= 0.3 is 0 Å². The molecule has 0 aliphatic carbocycles. The third-order valence-electron chi connectivity index (χ3n) is 12.3. The zero-order chi connectivity index (χ0) is 36.2. The van der Waals surface area contributed by atoms with Gasteiger partial charge in [0.2, 0.25) is 11.8 Å². The van der Waals surface area contributed by atoms with E-state index in [1.54, 1.807) is 14.2 Å². The molecule has 4 aliphatic rings. The van der Waals surface area contributed by atoms with Gasteiger partial charge in [-0.3, -0.25) is 19.4 Å². The number of nitrogens with zero attached hydrogens (tertiary/aromatic N) is 5. The van der Waals surface area contributed by atoms with Crippen molar-refractivity contribution in [2.45, 2.75) is 64.2 Å². The molecule has 0 spiro atoms. The third kappa shape index (κ3) is 8.14. The molecule has 52 heavy (non-hydrogen) atoms. The molecule has 0 saturated carbocycles. The second kappa shape index (κ2) is 16.6. The van der Waals surface area contributed by atoms with Crippen LogP contribution in [-0.4, -0.2) is 141 Å². The molecule has 1 unspecified atom stereocenters. The van der Waals surface area contributed by atoms with Crippen molar-refractivity contribution in [1.29, 1.82) is 0 Å². The number of ether oxygens (including phenoxy) is 2. The lowest BCUT2D eigenvalue weighted by atomic mass is 9.87. The minimum atomic E-state index is 0.00906. The van der Waals surface area contributed by atoms with Gasteiger partial charge in [0.05, 0.1) is 32.4 Å². The van der Waals surface area contributed by atoms with Gasteiger partial charge in [0.1, 0.15) is 0 Å². The number of carbonyl (C=O) groups is 2. The van der Waals surface area contributed by atoms with Crippen LogP contribution in [0, 0.1) is 5.92 Å². The number of fused-ring (bicyclic) bond motifs is 1. The van der Waals surface area contributed by atoms with Gasteiger partial charge in [-0.15, -0.1) is 0 Å². The summed E-state index contributed by atoms with van der Waals surface area (Å²) in [5.41, 5.74) is 6.00. The van der Waals surface area contributed by atoms with Crippen molar-refractivity contribution < 1.29 is 19.1 Å². The lowest BCUT2D eigenvalue weighted by Gasteiger charge is -2.39. The van der Waals surface area contributed by atoms with E-state index in [0.29, 0.717) is 30.8 Å². The number of aromatic amines is 1. The molecule has 10 heteroatoms. The number of rotatable bonds is 11. The van der Waals surface area contributed by atoms with Crippen LogP contribution >= 0.6 is 0 Å². The maximum absolute atomic E-state index is 13.6. The molecule has 0 radical (unpaired) electrons. The van der Waals surface area contributed by atoms with E-state index in [-0.39, 0.29) is 11.8 Å². The Bertz CT molecular complexity index is 1680. The van der Waals surface area contributed by atoms with Crippen LogP contribution in [0.15, 0.2) is 36.4 Å². The number of hydrogen-bond donors (Lipinski definition) is 1. The first kappa shape index (κ1) is 36.7. The number of nitrogens with one attached hydrogen (secondary N) is 1. The number of likely N-dealkylation sites (tertiary alicyclic amines) is 3. The third-order valence-corrected chi connectivity index (χ3v) is 12.3. The zero-order valence-corrected chi connectivity index (χ0v) is 32.0. The summed E-state index contributed by atoms with van der Waals surface area (Å²) in [5, 5.41) is 1.27. The van der Waals surface area contributed by atoms with E-state index in [1.807, 2.05) is 12.1 Å². The highest BCUT2D eigenvalue weighted by Crippen LogP contribution is 2.40. The predicted octanol–water partition coefficient (Wildman–Crippen LogP) is 5.63. The lowest BCUT2D eigenvalue weighted by molar-refractivity contribution is -0.141. The maximum Gasteiger partial charge on any atom is 0.236 e. The summed E-state index contributed by atoms with van der Waals surface area (Å²) in [6.45, 7) is 16.5. The smallest absolute Gasteiger partial charge is 0.236 e. The Labute approximate surface area is 310 Å². The molecule has 1 aromatic heterocycles. The number of carbonyl (C=O) groups excluding carboxylic acids is 2. The van der Waals surface area contributed by atoms with E-state index in [0.717, 1.165) is 113 Å². The van der Waals surface area contributed by atoms with Crippen molar-refractivity contribution in [2.24, 2.45) is 5.92 Å². The van der Waals surface area contributed by atoms with E-state index >= 15 is 0 Å². The van der Waals surface area contributed by atoms with Crippen LogP contribution in [0.4, 0.5) is 0 Å². The SMILES string of the molecule is COc1ccc(-c2[nH]c3ccc(C4CCN(C(=O)CN5CCCC(C(=O)N6CCN(CCN7CCCC7)CC6)C5)CC4)cc3c2C(C)C)cc1OC. The summed E-state index contributed by atoms with van der Waals surface area (Å²) in [7, 11) is 3.34. The fraction of sp³-hybridized carbons (Fsp3) is 0.619. The molecule has 4 aliphatic heterocycles. The van der Waals surface area contributed by atoms with Gasteiger partial charge in [0, 0.05) is 75.4 Å². The normalized spacial score (nSPS) is 21.4. The standard InChI is InChI=1S/C42H60N6O4/c1-30(2)40-35-26-32(9-11-36(35)43-41(40)33-10-12-37(51-3)38(27-33)52-4)31-13-18-47(19-14-31)39(49)29-46-17-7-8-34(28-46)42(50)48-24-22-45(23-25-48)21-20-44-15-5-6-16-44/h9-12,26-27,30-31,34,43H,5-8,13-25,28-29H2,1-4H3. The Morgan fingerprint density at radius 3 is 2.13 bits per heavy atom. The van der Waals surface area contributed by atoms with Crippen LogP contribution in [0.5, 0.6) is 11.5 Å². The summed E-state index contributed by atoms with van der Waals surface area (Å²) in [6.07, 6.45) is 6.52. The molecule has 282 valence electrons. The molecule has 4 saturated heterocycles. The number of aromatic nitrogens is 1. The number of benzene rings is 2. The maximum atomic E-state index is 13.6. The largest absolute Gasteiger partial charge is 0.493 e. The van der Waals surface area contributed by atoms with E-state index in [4.69, 9.17) is 9.47 Å². The highest BCUT2D eigenvalue weighted by atomic mass is 16.5. The first-order chi connectivity index (χ1) is 25.3. The summed E-state index contributed by atoms with van der Waals surface area (Å²) in [5.74, 6) is 2.71. The van der Waals surface area contributed by atoms with Crippen molar-refractivity contribution in [1.82, 2.24) is 29.5 Å². The summed E-state index contributed by atoms with van der Waals surface area (Å²) in [6, 6.07) is 13.0. The average molecular weight is 713 g/mol. The van der Waals surface area contributed by atoms with E-state index < -0.39 is 0 Å². The monoisotopic (exact) mass is 712 g/mol. The van der Waals surface area contributed by atoms with Crippen LogP contribution in [0.1, 0.15) is 75.3 Å². The fourth-order valence-corrected chi connectivity index (χ4v) is 9.20. The van der Waals surface area contributed by atoms with Gasteiger partial charge in [-0.25, -0.2) is 0 Å². The van der Waals surface area contributed by atoms with Crippen molar-refractivity contribution in [3.63, 3.8) is 0 Å². The van der Waals surface area contributed by atoms with E-state index in [9.17, 15) is 9.59 Å². The first-order valence-electron chi connectivity index (χ1n) is 19.9. The summed E-state index contributed by atoms with van der Waals surface area (Å²) >= 11 is 0. The highest BCUT2D eigenvalue weighted by molar-refractivity contribution is 5.92. The van der Waals surface area contributed by atoms with Gasteiger partial charge in [0.15, 0.2) is 11.5 Å². The first-order valence-corrected chi connectivity index (χ1v) is 19.9. The van der Waals surface area contributed by atoms with Crippen molar-refractivity contribution in [2.75, 3.05) is 99.3 Å². The second-order valence-corrected chi connectivity index (χ2v) is 15.9. The quantitative estimate of drug-likeness (QED) is 0.276. The fourth-order valence-electron chi connectivity index (χ4n) is 9.20. The molecule has 0 bridgehead atoms. The molecular weight excluding hydrogens is 653 g/mol. The Morgan fingerprint density at radius 2 is 1.44 bits per heavy atom. The Morgan fingerprint density at radius 1 is 0.750 bits per heavy atom. The van der Waals surface area contributed by atoms with E-state index in [1.165, 1.54) is 42.4 Å². The molecule has 2 aromatic carbocycles. The predicted molar refractivity (Wildman–Crippen MR) is 207 cm³/mol. The minimum Gasteiger partial charge on any atom is -0.493 e. The molecular formula is C42H60N6O4. The number of piperidine rings is 2.